The van der Waals surface area contributed by atoms with Crippen molar-refractivity contribution in [2.24, 2.45) is 0 Å². The second kappa shape index (κ2) is 8.23. The summed E-state index contributed by atoms with van der Waals surface area (Å²) >= 11 is 6.33. The summed E-state index contributed by atoms with van der Waals surface area (Å²) < 4.78 is 0. The number of carbonyl (C=O) groups excluding carboxylic acids is 1. The molecule has 0 spiro atoms. The van der Waals surface area contributed by atoms with Gasteiger partial charge in [0.1, 0.15) is 5.82 Å². The fourth-order valence-electron chi connectivity index (χ4n) is 3.87. The summed E-state index contributed by atoms with van der Waals surface area (Å²) in [6, 6.07) is 16.4. The molecule has 0 radical (unpaired) electrons. The predicted octanol–water partition coefficient (Wildman–Crippen LogP) is 4.12. The van der Waals surface area contributed by atoms with E-state index in [2.05, 4.69) is 33.8 Å². The third-order valence-electron chi connectivity index (χ3n) is 5.42. The molecule has 0 fully saturated rings. The normalized spacial score (nSPS) is 15.2. The van der Waals surface area contributed by atoms with E-state index in [0.29, 0.717) is 11.6 Å². The number of halogens is 1. The van der Waals surface area contributed by atoms with E-state index in [9.17, 15) is 4.79 Å². The Balaban J connectivity index is 1.52. The maximum Gasteiger partial charge on any atom is 0.254 e. The summed E-state index contributed by atoms with van der Waals surface area (Å²) in [6.07, 6.45) is 3.76. The van der Waals surface area contributed by atoms with Crippen molar-refractivity contribution in [3.05, 3.63) is 82.0 Å². The number of nitrogens with two attached hydrogens (primary N) is 1. The molecule has 6 heteroatoms. The summed E-state index contributed by atoms with van der Waals surface area (Å²) in [5.74, 6) is -0.0160. The molecule has 148 valence electrons. The Labute approximate surface area is 175 Å². The van der Waals surface area contributed by atoms with Crippen molar-refractivity contribution in [2.75, 3.05) is 12.8 Å². The van der Waals surface area contributed by atoms with Crippen LogP contribution in [0, 0.1) is 0 Å². The Morgan fingerprint density at radius 1 is 1.21 bits per heavy atom. The van der Waals surface area contributed by atoms with Crippen LogP contribution in [0.3, 0.4) is 0 Å². The molecule has 4 rings (SSSR count). The van der Waals surface area contributed by atoms with E-state index in [-0.39, 0.29) is 11.7 Å². The second-order valence-corrected chi connectivity index (χ2v) is 7.62. The number of benzene rings is 2. The number of fused-ring (bicyclic) bond motifs is 1. The summed E-state index contributed by atoms with van der Waals surface area (Å²) in [5.41, 5.74) is 11.8. The second-order valence-electron chi connectivity index (χ2n) is 7.22. The van der Waals surface area contributed by atoms with Gasteiger partial charge in [-0.3, -0.25) is 4.79 Å². The molecule has 4 N–H and O–H groups in total. The molecule has 1 amide bonds. The average molecular weight is 407 g/mol. The Morgan fingerprint density at radius 2 is 2.03 bits per heavy atom. The lowest BCUT2D eigenvalue weighted by Gasteiger charge is -2.15. The fourth-order valence-corrected chi connectivity index (χ4v) is 4.15. The largest absolute Gasteiger partial charge is 0.383 e. The van der Waals surface area contributed by atoms with Crippen LogP contribution < -0.4 is 16.4 Å². The van der Waals surface area contributed by atoms with Gasteiger partial charge in [0.15, 0.2) is 0 Å². The fraction of sp³-hybridized carbons (Fsp3) is 0.217. The Morgan fingerprint density at radius 3 is 2.86 bits per heavy atom. The third-order valence-corrected chi connectivity index (χ3v) is 5.77. The first-order chi connectivity index (χ1) is 14.1. The number of nitrogens with zero attached hydrogens (tertiary/aromatic N) is 1. The molecule has 3 aromatic rings. The van der Waals surface area contributed by atoms with Crippen molar-refractivity contribution in [3.8, 4) is 11.1 Å². The zero-order valence-corrected chi connectivity index (χ0v) is 17.0. The number of nitrogen functional groups attached to an aromatic ring is 1. The maximum atomic E-state index is 12.0. The van der Waals surface area contributed by atoms with Crippen LogP contribution in [0.15, 0.2) is 54.7 Å². The number of anilines is 1. The molecule has 1 unspecified atom stereocenters. The molecule has 1 aliphatic rings. The van der Waals surface area contributed by atoms with Gasteiger partial charge >= 0.3 is 0 Å². The van der Waals surface area contributed by atoms with Crippen LogP contribution in [0.1, 0.15) is 39.5 Å². The van der Waals surface area contributed by atoms with Gasteiger partial charge in [-0.05, 0) is 53.3 Å². The number of pyridine rings is 1. The van der Waals surface area contributed by atoms with Crippen LogP contribution in [-0.2, 0) is 13.0 Å². The van der Waals surface area contributed by atoms with Gasteiger partial charge in [0.05, 0.1) is 5.56 Å². The third kappa shape index (κ3) is 3.97. The standard InChI is InChI=1S/C23H23ClN4O/c1-26-23(29)19-11-16(13-28-22(19)25)15-5-2-4-14(10-15)12-27-21-9-8-17-18(21)6-3-7-20(17)24/h2-7,10-11,13,21,27H,8-9,12H2,1H3,(H2,25,28)(H,26,29). The number of rotatable bonds is 5. The van der Waals surface area contributed by atoms with Gasteiger partial charge in [0.2, 0.25) is 0 Å². The van der Waals surface area contributed by atoms with Gasteiger partial charge in [-0.2, -0.15) is 0 Å². The van der Waals surface area contributed by atoms with Crippen molar-refractivity contribution >= 4 is 23.3 Å². The average Bonchev–Trinajstić information content (AvgIpc) is 3.17. The van der Waals surface area contributed by atoms with Gasteiger partial charge in [0, 0.05) is 36.4 Å². The monoisotopic (exact) mass is 406 g/mol. The number of amides is 1. The first-order valence-electron chi connectivity index (χ1n) is 9.64. The topological polar surface area (TPSA) is 80.0 Å². The minimum absolute atomic E-state index is 0.226. The van der Waals surface area contributed by atoms with Gasteiger partial charge in [0.25, 0.3) is 5.91 Å². The van der Waals surface area contributed by atoms with E-state index in [1.54, 1.807) is 19.3 Å². The summed E-state index contributed by atoms with van der Waals surface area (Å²) in [5, 5.41) is 7.10. The van der Waals surface area contributed by atoms with Gasteiger partial charge in [-0.1, -0.05) is 41.9 Å². The van der Waals surface area contributed by atoms with E-state index in [4.69, 9.17) is 17.3 Å². The summed E-state index contributed by atoms with van der Waals surface area (Å²) in [6.45, 7) is 0.745. The van der Waals surface area contributed by atoms with Crippen molar-refractivity contribution in [1.29, 1.82) is 0 Å². The highest BCUT2D eigenvalue weighted by Gasteiger charge is 2.23. The highest BCUT2D eigenvalue weighted by atomic mass is 35.5. The molecule has 0 bridgehead atoms. The Kier molecular flexibility index (Phi) is 5.51. The smallest absolute Gasteiger partial charge is 0.254 e. The molecule has 1 aromatic heterocycles. The molecular weight excluding hydrogens is 384 g/mol. The molecule has 0 saturated heterocycles. The summed E-state index contributed by atoms with van der Waals surface area (Å²) in [4.78, 5) is 16.2. The van der Waals surface area contributed by atoms with Crippen molar-refractivity contribution in [1.82, 2.24) is 15.6 Å². The van der Waals surface area contributed by atoms with E-state index < -0.39 is 0 Å². The maximum absolute atomic E-state index is 12.0. The van der Waals surface area contributed by atoms with Gasteiger partial charge < -0.3 is 16.4 Å². The number of aromatic nitrogens is 1. The van der Waals surface area contributed by atoms with Crippen molar-refractivity contribution in [3.63, 3.8) is 0 Å². The Hall–Kier alpha value is -2.89. The van der Waals surface area contributed by atoms with Crippen molar-refractivity contribution in [2.45, 2.75) is 25.4 Å². The number of hydrogen-bond donors (Lipinski definition) is 3. The molecule has 2 aromatic carbocycles. The first-order valence-corrected chi connectivity index (χ1v) is 10.0. The van der Waals surface area contributed by atoms with E-state index in [1.165, 1.54) is 11.1 Å². The lowest BCUT2D eigenvalue weighted by atomic mass is 10.0. The molecule has 1 heterocycles. The molecule has 5 nitrogen and oxygen atoms in total. The zero-order chi connectivity index (χ0) is 20.4. The molecule has 29 heavy (non-hydrogen) atoms. The van der Waals surface area contributed by atoms with Gasteiger partial charge in [-0.25, -0.2) is 4.98 Å². The molecule has 0 aliphatic heterocycles. The quantitative estimate of drug-likeness (QED) is 0.595. The van der Waals surface area contributed by atoms with E-state index in [1.807, 2.05) is 24.3 Å². The highest BCUT2D eigenvalue weighted by Crippen LogP contribution is 2.35. The molecule has 0 saturated carbocycles. The van der Waals surface area contributed by atoms with Crippen LogP contribution in [0.25, 0.3) is 11.1 Å². The first kappa shape index (κ1) is 19.4. The van der Waals surface area contributed by atoms with Crippen LogP contribution in [0.2, 0.25) is 5.02 Å². The van der Waals surface area contributed by atoms with Crippen LogP contribution in [0.4, 0.5) is 5.82 Å². The lowest BCUT2D eigenvalue weighted by Crippen LogP contribution is -2.20. The molecule has 1 atom stereocenters. The number of hydrogen-bond acceptors (Lipinski definition) is 4. The van der Waals surface area contributed by atoms with Crippen LogP contribution in [-0.4, -0.2) is 17.9 Å². The summed E-state index contributed by atoms with van der Waals surface area (Å²) in [7, 11) is 1.58. The zero-order valence-electron chi connectivity index (χ0n) is 16.2. The van der Waals surface area contributed by atoms with Crippen LogP contribution >= 0.6 is 11.6 Å². The predicted molar refractivity (Wildman–Crippen MR) is 117 cm³/mol. The number of nitrogens with one attached hydrogen (secondary N) is 2. The van der Waals surface area contributed by atoms with E-state index in [0.717, 1.165) is 41.1 Å². The SMILES string of the molecule is CNC(=O)c1cc(-c2cccc(CNC3CCc4c(Cl)cccc43)c2)cnc1N. The Bertz CT molecular complexity index is 1070. The van der Waals surface area contributed by atoms with E-state index >= 15 is 0 Å². The number of carbonyl (C=O) groups is 1. The molecular formula is C23H23ClN4O. The van der Waals surface area contributed by atoms with Crippen LogP contribution in [0.5, 0.6) is 0 Å². The molecule has 1 aliphatic carbocycles. The van der Waals surface area contributed by atoms with Crippen molar-refractivity contribution < 1.29 is 4.79 Å². The minimum atomic E-state index is -0.242. The minimum Gasteiger partial charge on any atom is -0.383 e. The lowest BCUT2D eigenvalue weighted by molar-refractivity contribution is 0.0963. The highest BCUT2D eigenvalue weighted by molar-refractivity contribution is 6.31. The van der Waals surface area contributed by atoms with Gasteiger partial charge in [-0.15, -0.1) is 0 Å².